The molecule has 5 heteroatoms. The molecule has 0 radical (unpaired) electrons. The number of allylic oxidation sites excluding steroid dienone is 2. The van der Waals surface area contributed by atoms with Crippen LogP contribution in [-0.2, 0) is 19.1 Å². The molecule has 1 aliphatic carbocycles. The Hall–Kier alpha value is -1.36. The van der Waals surface area contributed by atoms with Crippen molar-refractivity contribution in [1.82, 2.24) is 0 Å². The van der Waals surface area contributed by atoms with Gasteiger partial charge in [0, 0.05) is 0 Å². The zero-order valence-corrected chi connectivity index (χ0v) is 17.9. The highest BCUT2D eigenvalue weighted by Gasteiger charge is 2.41. The van der Waals surface area contributed by atoms with Crippen molar-refractivity contribution in [1.29, 1.82) is 0 Å². The van der Waals surface area contributed by atoms with Gasteiger partial charge in [-0.2, -0.15) is 0 Å². The van der Waals surface area contributed by atoms with Crippen molar-refractivity contribution >= 4 is 11.9 Å². The smallest absolute Gasteiger partial charge is 0.338 e. The van der Waals surface area contributed by atoms with Gasteiger partial charge in [0.15, 0.2) is 5.60 Å². The second-order valence-electron chi connectivity index (χ2n) is 8.60. The van der Waals surface area contributed by atoms with E-state index < -0.39 is 17.5 Å². The summed E-state index contributed by atoms with van der Waals surface area (Å²) in [5.74, 6) is -0.00291. The lowest BCUT2D eigenvalue weighted by molar-refractivity contribution is -0.177. The SMILES string of the molecule is CCOC(=O)C(O)(CCC=C(C)C)CC(=O)O[C@H]1C[C@H](C)CC[C@@H]1C(C)C. The molecular weight excluding hydrogens is 344 g/mol. The molecule has 1 N–H and O–H groups in total. The van der Waals surface area contributed by atoms with Gasteiger partial charge in [0.1, 0.15) is 6.10 Å². The molecule has 156 valence electrons. The van der Waals surface area contributed by atoms with E-state index in [4.69, 9.17) is 9.47 Å². The van der Waals surface area contributed by atoms with Gasteiger partial charge in [-0.1, -0.05) is 38.8 Å². The molecule has 5 nitrogen and oxygen atoms in total. The fraction of sp³-hybridized carbons (Fsp3) is 0.818. The molecule has 1 fully saturated rings. The molecule has 1 aliphatic rings. The largest absolute Gasteiger partial charge is 0.464 e. The van der Waals surface area contributed by atoms with Crippen LogP contribution in [0.25, 0.3) is 0 Å². The van der Waals surface area contributed by atoms with E-state index >= 15 is 0 Å². The second-order valence-corrected chi connectivity index (χ2v) is 8.60. The van der Waals surface area contributed by atoms with Crippen LogP contribution in [0.5, 0.6) is 0 Å². The molecule has 0 spiro atoms. The highest BCUT2D eigenvalue weighted by molar-refractivity contribution is 5.85. The first-order valence-corrected chi connectivity index (χ1v) is 10.3. The third-order valence-electron chi connectivity index (χ3n) is 5.45. The van der Waals surface area contributed by atoms with Crippen LogP contribution in [0.4, 0.5) is 0 Å². The van der Waals surface area contributed by atoms with Gasteiger partial charge in [0.25, 0.3) is 0 Å². The zero-order chi connectivity index (χ0) is 20.6. The molecule has 4 atom stereocenters. The summed E-state index contributed by atoms with van der Waals surface area (Å²) in [4.78, 5) is 24.9. The number of carbonyl (C=O) groups excluding carboxylic acids is 2. The van der Waals surface area contributed by atoms with Gasteiger partial charge >= 0.3 is 11.9 Å². The molecule has 27 heavy (non-hydrogen) atoms. The predicted octanol–water partition coefficient (Wildman–Crippen LogP) is 4.42. The minimum atomic E-state index is -1.84. The molecule has 1 saturated carbocycles. The van der Waals surface area contributed by atoms with E-state index in [1.165, 1.54) is 0 Å². The van der Waals surface area contributed by atoms with E-state index in [0.29, 0.717) is 24.2 Å². The maximum Gasteiger partial charge on any atom is 0.338 e. The average Bonchev–Trinajstić information content (AvgIpc) is 2.54. The van der Waals surface area contributed by atoms with E-state index in [1.807, 2.05) is 19.9 Å². The molecule has 0 bridgehead atoms. The number of hydrogen-bond acceptors (Lipinski definition) is 5. The average molecular weight is 383 g/mol. The Morgan fingerprint density at radius 3 is 2.48 bits per heavy atom. The second kappa shape index (κ2) is 10.8. The maximum atomic E-state index is 12.6. The topological polar surface area (TPSA) is 72.8 Å². The predicted molar refractivity (Wildman–Crippen MR) is 106 cm³/mol. The molecule has 0 saturated heterocycles. The Labute approximate surface area is 164 Å². The first-order chi connectivity index (χ1) is 12.6. The van der Waals surface area contributed by atoms with E-state index in [0.717, 1.165) is 24.8 Å². The number of hydrogen-bond donors (Lipinski definition) is 1. The van der Waals surface area contributed by atoms with Gasteiger partial charge in [0.2, 0.25) is 0 Å². The summed E-state index contributed by atoms with van der Waals surface area (Å²) in [6.45, 7) is 12.2. The fourth-order valence-electron chi connectivity index (χ4n) is 3.83. The van der Waals surface area contributed by atoms with Gasteiger partial charge < -0.3 is 14.6 Å². The van der Waals surface area contributed by atoms with E-state index in [-0.39, 0.29) is 25.6 Å². The van der Waals surface area contributed by atoms with E-state index in [9.17, 15) is 14.7 Å². The number of rotatable bonds is 9. The Balaban J connectivity index is 2.81. The fourth-order valence-corrected chi connectivity index (χ4v) is 3.83. The summed E-state index contributed by atoms with van der Waals surface area (Å²) in [5.41, 5.74) is -0.744. The molecule has 1 unspecified atom stereocenters. The lowest BCUT2D eigenvalue weighted by Gasteiger charge is -2.37. The first-order valence-electron chi connectivity index (χ1n) is 10.3. The summed E-state index contributed by atoms with van der Waals surface area (Å²) in [5, 5.41) is 10.8. The van der Waals surface area contributed by atoms with Crippen molar-refractivity contribution in [2.24, 2.45) is 17.8 Å². The van der Waals surface area contributed by atoms with E-state index in [1.54, 1.807) is 6.92 Å². The molecule has 0 aromatic rings. The Morgan fingerprint density at radius 2 is 1.93 bits per heavy atom. The minimum absolute atomic E-state index is 0.140. The van der Waals surface area contributed by atoms with Gasteiger partial charge in [-0.05, 0) is 64.2 Å². The number of aliphatic hydroxyl groups is 1. The van der Waals surface area contributed by atoms with Crippen LogP contribution in [0.1, 0.15) is 80.1 Å². The Kier molecular flexibility index (Phi) is 9.51. The summed E-state index contributed by atoms with van der Waals surface area (Å²) in [7, 11) is 0. The van der Waals surface area contributed by atoms with Crippen molar-refractivity contribution in [2.75, 3.05) is 6.61 Å². The van der Waals surface area contributed by atoms with Crippen LogP contribution in [0.3, 0.4) is 0 Å². The van der Waals surface area contributed by atoms with Crippen LogP contribution >= 0.6 is 0 Å². The lowest BCUT2D eigenvalue weighted by Crippen LogP contribution is -2.44. The van der Waals surface area contributed by atoms with Crippen LogP contribution in [0, 0.1) is 17.8 Å². The van der Waals surface area contributed by atoms with Crippen molar-refractivity contribution in [3.63, 3.8) is 0 Å². The molecule has 0 aliphatic heterocycles. The Morgan fingerprint density at radius 1 is 1.26 bits per heavy atom. The maximum absolute atomic E-state index is 12.6. The van der Waals surface area contributed by atoms with Gasteiger partial charge in [0.05, 0.1) is 13.0 Å². The van der Waals surface area contributed by atoms with Crippen LogP contribution in [0.15, 0.2) is 11.6 Å². The normalized spacial score (nSPS) is 24.8. The summed E-state index contributed by atoms with van der Waals surface area (Å²) in [6.07, 6.45) is 5.09. The molecule has 0 aromatic heterocycles. The molecule has 0 aromatic carbocycles. The lowest BCUT2D eigenvalue weighted by atomic mass is 9.75. The third-order valence-corrected chi connectivity index (χ3v) is 5.45. The van der Waals surface area contributed by atoms with Gasteiger partial charge in [-0.3, -0.25) is 4.79 Å². The molecular formula is C22H38O5. The van der Waals surface area contributed by atoms with Gasteiger partial charge in [-0.25, -0.2) is 4.79 Å². The highest BCUT2D eigenvalue weighted by atomic mass is 16.6. The standard InChI is InChI=1S/C22H38O5/c1-7-26-21(24)22(25,12-8-9-15(2)3)14-20(23)27-19-13-17(6)10-11-18(19)16(4)5/h9,16-19,25H,7-8,10-14H2,1-6H3/t17-,18-,19+,22?/m1/s1. The summed E-state index contributed by atoms with van der Waals surface area (Å²) in [6, 6.07) is 0. The van der Waals surface area contributed by atoms with Crippen LogP contribution in [0.2, 0.25) is 0 Å². The third kappa shape index (κ3) is 7.65. The zero-order valence-electron chi connectivity index (χ0n) is 17.9. The highest BCUT2D eigenvalue weighted by Crippen LogP contribution is 2.36. The number of ether oxygens (including phenoxy) is 2. The summed E-state index contributed by atoms with van der Waals surface area (Å²) < 4.78 is 10.8. The van der Waals surface area contributed by atoms with Crippen molar-refractivity contribution in [3.05, 3.63) is 11.6 Å². The van der Waals surface area contributed by atoms with Crippen LogP contribution in [-0.4, -0.2) is 35.4 Å². The molecule has 1 rings (SSSR count). The van der Waals surface area contributed by atoms with Gasteiger partial charge in [-0.15, -0.1) is 0 Å². The molecule has 0 heterocycles. The van der Waals surface area contributed by atoms with Crippen molar-refractivity contribution in [2.45, 2.75) is 91.8 Å². The van der Waals surface area contributed by atoms with Crippen molar-refractivity contribution < 1.29 is 24.2 Å². The van der Waals surface area contributed by atoms with Crippen molar-refractivity contribution in [3.8, 4) is 0 Å². The Bertz CT molecular complexity index is 521. The number of esters is 2. The quantitative estimate of drug-likeness (QED) is 0.472. The number of carbonyl (C=O) groups is 2. The van der Waals surface area contributed by atoms with Crippen LogP contribution < -0.4 is 0 Å². The summed E-state index contributed by atoms with van der Waals surface area (Å²) >= 11 is 0. The minimum Gasteiger partial charge on any atom is -0.464 e. The van der Waals surface area contributed by atoms with E-state index in [2.05, 4.69) is 20.8 Å². The molecule has 0 amide bonds. The monoisotopic (exact) mass is 382 g/mol. The first kappa shape index (κ1) is 23.7.